The molecule has 7 heteroatoms. The molecule has 23 heavy (non-hydrogen) atoms. The van der Waals surface area contributed by atoms with Crippen molar-refractivity contribution in [3.8, 4) is 0 Å². The largest absolute Gasteiger partial charge is 0.465 e. The highest BCUT2D eigenvalue weighted by Crippen LogP contribution is 2.21. The monoisotopic (exact) mass is 397 g/mol. The van der Waals surface area contributed by atoms with Gasteiger partial charge in [0.2, 0.25) is 5.91 Å². The highest BCUT2D eigenvalue weighted by Gasteiger charge is 2.15. The van der Waals surface area contributed by atoms with E-state index in [9.17, 15) is 9.59 Å². The van der Waals surface area contributed by atoms with Gasteiger partial charge in [0.05, 0.1) is 18.6 Å². The number of esters is 1. The Kier molecular flexibility index (Phi) is 6.29. The number of rotatable bonds is 6. The third kappa shape index (κ3) is 5.14. The van der Waals surface area contributed by atoms with Crippen LogP contribution in [0.25, 0.3) is 0 Å². The van der Waals surface area contributed by atoms with Crippen LogP contribution in [-0.2, 0) is 15.3 Å². The maximum absolute atomic E-state index is 11.9. The molecular weight excluding hydrogens is 382 g/mol. The number of halogens is 1. The molecule has 2 rings (SSSR count). The first-order chi connectivity index (χ1) is 11.0. The van der Waals surface area contributed by atoms with Crippen LogP contribution in [-0.4, -0.2) is 24.7 Å². The van der Waals surface area contributed by atoms with Gasteiger partial charge in [-0.3, -0.25) is 4.79 Å². The number of furan rings is 1. The SMILES string of the molecule is COC(=O)c1cc(CSCC(=O)Nc2cccc(Br)c2)oc1C. The minimum absolute atomic E-state index is 0.0930. The summed E-state index contributed by atoms with van der Waals surface area (Å²) in [5.74, 6) is 1.44. The standard InChI is InChI=1S/C16H16BrNO4S/c1-10-14(16(20)21-2)7-13(22-10)8-23-9-15(19)18-12-5-3-4-11(17)6-12/h3-7H,8-9H2,1-2H3,(H,18,19). The van der Waals surface area contributed by atoms with Gasteiger partial charge < -0.3 is 14.5 Å². The van der Waals surface area contributed by atoms with Gasteiger partial charge in [-0.05, 0) is 31.2 Å². The Morgan fingerprint density at radius 2 is 2.13 bits per heavy atom. The minimum atomic E-state index is -0.421. The molecule has 0 saturated heterocycles. The van der Waals surface area contributed by atoms with E-state index in [2.05, 4.69) is 26.0 Å². The van der Waals surface area contributed by atoms with Crippen LogP contribution in [0.1, 0.15) is 21.9 Å². The van der Waals surface area contributed by atoms with Crippen LogP contribution < -0.4 is 5.32 Å². The minimum Gasteiger partial charge on any atom is -0.465 e. The number of aryl methyl sites for hydroxylation is 1. The van der Waals surface area contributed by atoms with Crippen molar-refractivity contribution in [1.29, 1.82) is 0 Å². The Morgan fingerprint density at radius 1 is 1.35 bits per heavy atom. The maximum atomic E-state index is 11.9. The van der Waals surface area contributed by atoms with Crippen LogP contribution in [0.2, 0.25) is 0 Å². The number of carbonyl (C=O) groups is 2. The summed E-state index contributed by atoms with van der Waals surface area (Å²) < 4.78 is 11.1. The van der Waals surface area contributed by atoms with E-state index >= 15 is 0 Å². The third-order valence-electron chi connectivity index (χ3n) is 2.96. The van der Waals surface area contributed by atoms with Crippen molar-refractivity contribution in [2.75, 3.05) is 18.2 Å². The molecule has 0 aliphatic carbocycles. The van der Waals surface area contributed by atoms with Crippen LogP contribution in [0.15, 0.2) is 39.2 Å². The Hall–Kier alpha value is -1.73. The molecule has 1 heterocycles. The first kappa shape index (κ1) is 17.6. The van der Waals surface area contributed by atoms with Crippen LogP contribution in [0.5, 0.6) is 0 Å². The van der Waals surface area contributed by atoms with Crippen LogP contribution in [0.3, 0.4) is 0 Å². The number of anilines is 1. The number of hydrogen-bond donors (Lipinski definition) is 1. The molecule has 1 aromatic heterocycles. The van der Waals surface area contributed by atoms with Crippen LogP contribution in [0.4, 0.5) is 5.69 Å². The molecular formula is C16H16BrNO4S. The predicted octanol–water partition coefficient (Wildman–Crippen LogP) is 4.01. The average molecular weight is 398 g/mol. The molecule has 0 radical (unpaired) electrons. The molecule has 0 unspecified atom stereocenters. The van der Waals surface area contributed by atoms with Gasteiger partial charge in [-0.2, -0.15) is 0 Å². The smallest absolute Gasteiger partial charge is 0.341 e. The summed E-state index contributed by atoms with van der Waals surface area (Å²) in [7, 11) is 1.33. The molecule has 0 bridgehead atoms. The molecule has 1 amide bonds. The summed E-state index contributed by atoms with van der Waals surface area (Å²) in [5, 5.41) is 2.82. The topological polar surface area (TPSA) is 68.5 Å². The van der Waals surface area contributed by atoms with Crippen molar-refractivity contribution in [3.05, 3.63) is 51.9 Å². The summed E-state index contributed by atoms with van der Waals surface area (Å²) in [5.41, 5.74) is 1.16. The van der Waals surface area contributed by atoms with Crippen molar-refractivity contribution in [2.24, 2.45) is 0 Å². The summed E-state index contributed by atoms with van der Waals surface area (Å²) >= 11 is 4.76. The molecule has 0 aliphatic heterocycles. The molecule has 0 spiro atoms. The molecule has 122 valence electrons. The summed E-state index contributed by atoms with van der Waals surface area (Å²) in [6.45, 7) is 1.71. The normalized spacial score (nSPS) is 10.4. The molecule has 0 atom stereocenters. The van der Waals surface area contributed by atoms with Crippen molar-refractivity contribution in [1.82, 2.24) is 0 Å². The van der Waals surface area contributed by atoms with E-state index in [1.54, 1.807) is 13.0 Å². The number of ether oxygens (including phenoxy) is 1. The van der Waals surface area contributed by atoms with Gasteiger partial charge in [0.15, 0.2) is 0 Å². The summed E-state index contributed by atoms with van der Waals surface area (Å²) in [4.78, 5) is 23.4. The zero-order valence-electron chi connectivity index (χ0n) is 12.7. The van der Waals surface area contributed by atoms with Gasteiger partial charge in [-0.25, -0.2) is 4.79 Å². The maximum Gasteiger partial charge on any atom is 0.341 e. The number of amides is 1. The zero-order chi connectivity index (χ0) is 16.8. The first-order valence-electron chi connectivity index (χ1n) is 6.80. The van der Waals surface area contributed by atoms with Crippen molar-refractivity contribution < 1.29 is 18.7 Å². The summed E-state index contributed by atoms with van der Waals surface area (Å²) in [6.07, 6.45) is 0. The Bertz CT molecular complexity index is 714. The van der Waals surface area contributed by atoms with Crippen molar-refractivity contribution in [3.63, 3.8) is 0 Å². The molecule has 0 fully saturated rings. The lowest BCUT2D eigenvalue weighted by molar-refractivity contribution is -0.113. The van der Waals surface area contributed by atoms with E-state index in [-0.39, 0.29) is 5.91 Å². The number of hydrogen-bond acceptors (Lipinski definition) is 5. The van der Waals surface area contributed by atoms with Gasteiger partial charge in [-0.15, -0.1) is 11.8 Å². The lowest BCUT2D eigenvalue weighted by atomic mass is 10.2. The van der Waals surface area contributed by atoms with E-state index in [4.69, 9.17) is 4.42 Å². The van der Waals surface area contributed by atoms with Gasteiger partial charge in [-0.1, -0.05) is 22.0 Å². The molecule has 1 aromatic carbocycles. The van der Waals surface area contributed by atoms with Gasteiger partial charge >= 0.3 is 5.97 Å². The van der Waals surface area contributed by atoms with Gasteiger partial charge in [0.25, 0.3) is 0 Å². The number of carbonyl (C=O) groups excluding carboxylic acids is 2. The molecule has 0 aliphatic rings. The fourth-order valence-corrected chi connectivity index (χ4v) is 3.04. The van der Waals surface area contributed by atoms with Crippen molar-refractivity contribution >= 4 is 45.3 Å². The highest BCUT2D eigenvalue weighted by molar-refractivity contribution is 9.10. The van der Waals surface area contributed by atoms with Gasteiger partial charge in [0, 0.05) is 10.2 Å². The number of thioether (sulfide) groups is 1. The zero-order valence-corrected chi connectivity index (χ0v) is 15.1. The van der Waals surface area contributed by atoms with Gasteiger partial charge in [0.1, 0.15) is 17.1 Å². The second-order valence-corrected chi connectivity index (χ2v) is 6.63. The summed E-state index contributed by atoms with van der Waals surface area (Å²) in [6, 6.07) is 9.06. The number of nitrogens with one attached hydrogen (secondary N) is 1. The second kappa shape index (κ2) is 8.21. The number of methoxy groups -OCH3 is 1. The fourth-order valence-electron chi connectivity index (χ4n) is 1.94. The van der Waals surface area contributed by atoms with Crippen molar-refractivity contribution in [2.45, 2.75) is 12.7 Å². The predicted molar refractivity (Wildman–Crippen MR) is 93.7 cm³/mol. The quantitative estimate of drug-likeness (QED) is 0.745. The highest BCUT2D eigenvalue weighted by atomic mass is 79.9. The molecule has 2 aromatic rings. The fraction of sp³-hybridized carbons (Fsp3) is 0.250. The molecule has 5 nitrogen and oxygen atoms in total. The van der Waals surface area contributed by atoms with Crippen LogP contribution in [0, 0.1) is 6.92 Å². The first-order valence-corrected chi connectivity index (χ1v) is 8.75. The van der Waals surface area contributed by atoms with Crippen LogP contribution >= 0.6 is 27.7 Å². The average Bonchev–Trinajstić information content (AvgIpc) is 2.87. The Balaban J connectivity index is 1.83. The number of benzene rings is 1. The molecule has 0 saturated carbocycles. The molecule has 1 N–H and O–H groups in total. The van der Waals surface area contributed by atoms with E-state index < -0.39 is 5.97 Å². The Labute approximate surface area is 146 Å². The van der Waals surface area contributed by atoms with E-state index in [0.29, 0.717) is 28.6 Å². The van der Waals surface area contributed by atoms with E-state index in [1.165, 1.54) is 18.9 Å². The van der Waals surface area contributed by atoms with E-state index in [0.717, 1.165) is 10.2 Å². The lowest BCUT2D eigenvalue weighted by Gasteiger charge is -2.04. The second-order valence-electron chi connectivity index (χ2n) is 4.73. The lowest BCUT2D eigenvalue weighted by Crippen LogP contribution is -2.14. The Morgan fingerprint density at radius 3 is 2.83 bits per heavy atom. The third-order valence-corrected chi connectivity index (χ3v) is 4.41. The van der Waals surface area contributed by atoms with E-state index in [1.807, 2.05) is 24.3 Å².